The van der Waals surface area contributed by atoms with E-state index in [0.717, 1.165) is 19.3 Å². The summed E-state index contributed by atoms with van der Waals surface area (Å²) in [5.41, 5.74) is 0. The van der Waals surface area contributed by atoms with Crippen molar-refractivity contribution in [1.29, 1.82) is 0 Å². The Morgan fingerprint density at radius 2 is 2.18 bits per heavy atom. The number of sulfonamides is 1. The average molecular weight is 348 g/mol. The van der Waals surface area contributed by atoms with Gasteiger partial charge in [-0.1, -0.05) is 36.9 Å². The van der Waals surface area contributed by atoms with Crippen molar-refractivity contribution in [2.45, 2.75) is 36.6 Å². The van der Waals surface area contributed by atoms with Crippen LogP contribution in [0.25, 0.3) is 0 Å². The van der Waals surface area contributed by atoms with Crippen LogP contribution in [0.1, 0.15) is 25.7 Å². The quantitative estimate of drug-likeness (QED) is 0.768. The molecule has 1 fully saturated rings. The Morgan fingerprint density at radius 3 is 2.73 bits per heavy atom. The third-order valence-electron chi connectivity index (χ3n) is 3.82. The molecule has 2 N–H and O–H groups in total. The summed E-state index contributed by atoms with van der Waals surface area (Å²) in [6, 6.07) is 3.04. The number of nitrogens with one attached hydrogen (secondary N) is 1. The molecule has 0 bridgehead atoms. The molecule has 0 saturated heterocycles. The lowest BCUT2D eigenvalue weighted by Crippen LogP contribution is -2.43. The van der Waals surface area contributed by atoms with Gasteiger partial charge in [-0.15, -0.1) is 0 Å². The van der Waals surface area contributed by atoms with Gasteiger partial charge in [-0.2, -0.15) is 4.72 Å². The minimum absolute atomic E-state index is 0.0727. The largest absolute Gasteiger partial charge is 0.505 e. The third-order valence-corrected chi connectivity index (χ3v) is 5.62. The standard InChI is InChI=1S/C14H18ClNO5S/c1-21-14(18)11(8-9-4-2-5-9)16-22(19,20)12-7-3-6-10(15)13(12)17/h3,6-7,9,11,16-17H,2,4-5,8H2,1H3. The predicted molar refractivity (Wildman–Crippen MR) is 81.2 cm³/mol. The fourth-order valence-corrected chi connectivity index (χ4v) is 3.91. The molecular formula is C14H18ClNO5S. The zero-order valence-corrected chi connectivity index (χ0v) is 13.7. The highest BCUT2D eigenvalue weighted by molar-refractivity contribution is 7.89. The van der Waals surface area contributed by atoms with Crippen LogP contribution in [0.2, 0.25) is 5.02 Å². The van der Waals surface area contributed by atoms with Crippen LogP contribution < -0.4 is 4.72 Å². The van der Waals surface area contributed by atoms with Crippen LogP contribution >= 0.6 is 11.6 Å². The first kappa shape index (κ1) is 17.1. The molecular weight excluding hydrogens is 330 g/mol. The van der Waals surface area contributed by atoms with Gasteiger partial charge < -0.3 is 9.84 Å². The van der Waals surface area contributed by atoms with Gasteiger partial charge in [0, 0.05) is 0 Å². The van der Waals surface area contributed by atoms with E-state index >= 15 is 0 Å². The monoisotopic (exact) mass is 347 g/mol. The highest BCUT2D eigenvalue weighted by Gasteiger charge is 2.32. The maximum atomic E-state index is 12.4. The van der Waals surface area contributed by atoms with Crippen molar-refractivity contribution >= 4 is 27.6 Å². The molecule has 22 heavy (non-hydrogen) atoms. The Hall–Kier alpha value is -1.31. The number of hydrogen-bond donors (Lipinski definition) is 2. The second-order valence-corrected chi connectivity index (χ2v) is 7.41. The number of phenols is 1. The van der Waals surface area contributed by atoms with Gasteiger partial charge in [-0.3, -0.25) is 4.79 Å². The number of carbonyl (C=O) groups is 1. The summed E-state index contributed by atoms with van der Waals surface area (Å²) < 4.78 is 31.7. The lowest BCUT2D eigenvalue weighted by atomic mass is 9.81. The predicted octanol–water partition coefficient (Wildman–Crippen LogP) is 2.06. The van der Waals surface area contributed by atoms with Gasteiger partial charge in [0.15, 0.2) is 5.75 Å². The van der Waals surface area contributed by atoms with Gasteiger partial charge in [-0.25, -0.2) is 8.42 Å². The van der Waals surface area contributed by atoms with Gasteiger partial charge in [-0.05, 0) is 24.5 Å². The Labute approximate surface area is 134 Å². The Morgan fingerprint density at radius 1 is 1.50 bits per heavy atom. The summed E-state index contributed by atoms with van der Waals surface area (Å²) in [4.78, 5) is 11.5. The molecule has 2 rings (SSSR count). The number of methoxy groups -OCH3 is 1. The number of benzene rings is 1. The molecule has 0 spiro atoms. The van der Waals surface area contributed by atoms with E-state index in [0.29, 0.717) is 12.3 Å². The van der Waals surface area contributed by atoms with E-state index in [1.54, 1.807) is 0 Å². The summed E-state index contributed by atoms with van der Waals surface area (Å²) in [5.74, 6) is -0.874. The zero-order valence-electron chi connectivity index (χ0n) is 12.1. The number of para-hydroxylation sites is 1. The van der Waals surface area contributed by atoms with Crippen LogP contribution in [-0.2, 0) is 19.6 Å². The molecule has 0 aliphatic heterocycles. The van der Waals surface area contributed by atoms with Crippen LogP contribution in [0.5, 0.6) is 5.75 Å². The number of ether oxygens (including phenoxy) is 1. The number of esters is 1. The topological polar surface area (TPSA) is 92.7 Å². The van der Waals surface area contributed by atoms with E-state index in [4.69, 9.17) is 11.6 Å². The minimum atomic E-state index is -4.08. The SMILES string of the molecule is COC(=O)C(CC1CCC1)NS(=O)(=O)c1cccc(Cl)c1O. The van der Waals surface area contributed by atoms with E-state index in [1.807, 2.05) is 0 Å². The summed E-state index contributed by atoms with van der Waals surface area (Å²) in [7, 11) is -2.87. The second-order valence-electron chi connectivity index (χ2n) is 5.32. The molecule has 0 heterocycles. The molecule has 8 heteroatoms. The molecule has 0 radical (unpaired) electrons. The summed E-state index contributed by atoms with van der Waals surface area (Å²) in [5, 5.41) is 9.74. The van der Waals surface area contributed by atoms with Crippen molar-refractivity contribution in [3.05, 3.63) is 23.2 Å². The van der Waals surface area contributed by atoms with E-state index in [2.05, 4.69) is 9.46 Å². The molecule has 1 unspecified atom stereocenters. The third kappa shape index (κ3) is 3.71. The smallest absolute Gasteiger partial charge is 0.323 e. The fourth-order valence-electron chi connectivity index (χ4n) is 2.36. The van der Waals surface area contributed by atoms with Crippen molar-refractivity contribution < 1.29 is 23.1 Å². The number of halogens is 1. The first-order valence-corrected chi connectivity index (χ1v) is 8.79. The Kier molecular flexibility index (Phi) is 5.31. The number of hydrogen-bond acceptors (Lipinski definition) is 5. The van der Waals surface area contributed by atoms with Crippen LogP contribution in [-0.4, -0.2) is 32.6 Å². The lowest BCUT2D eigenvalue weighted by Gasteiger charge is -2.28. The number of phenolic OH excluding ortho intramolecular Hbond substituents is 1. The highest BCUT2D eigenvalue weighted by Crippen LogP contribution is 2.33. The summed E-state index contributed by atoms with van der Waals surface area (Å²) >= 11 is 5.73. The number of carbonyl (C=O) groups excluding carboxylic acids is 1. The van der Waals surface area contributed by atoms with Crippen molar-refractivity contribution in [2.24, 2.45) is 5.92 Å². The molecule has 1 aromatic carbocycles. The highest BCUT2D eigenvalue weighted by atomic mass is 35.5. The number of rotatable bonds is 6. The first-order valence-electron chi connectivity index (χ1n) is 6.93. The van der Waals surface area contributed by atoms with Gasteiger partial charge >= 0.3 is 5.97 Å². The van der Waals surface area contributed by atoms with E-state index in [9.17, 15) is 18.3 Å². The van der Waals surface area contributed by atoms with E-state index in [1.165, 1.54) is 25.3 Å². The van der Waals surface area contributed by atoms with E-state index < -0.39 is 27.8 Å². The molecule has 122 valence electrons. The van der Waals surface area contributed by atoms with Crippen molar-refractivity contribution in [1.82, 2.24) is 4.72 Å². The van der Waals surface area contributed by atoms with Crippen molar-refractivity contribution in [2.75, 3.05) is 7.11 Å². The molecule has 1 saturated carbocycles. The average Bonchev–Trinajstić information content (AvgIpc) is 2.43. The Balaban J connectivity index is 2.23. The van der Waals surface area contributed by atoms with Crippen LogP contribution in [0.15, 0.2) is 23.1 Å². The normalized spacial score (nSPS) is 16.8. The van der Waals surface area contributed by atoms with Crippen molar-refractivity contribution in [3.8, 4) is 5.75 Å². The zero-order chi connectivity index (χ0) is 16.3. The lowest BCUT2D eigenvalue weighted by molar-refractivity contribution is -0.143. The summed E-state index contributed by atoms with van der Waals surface area (Å²) in [6.07, 6.45) is 3.41. The minimum Gasteiger partial charge on any atom is -0.505 e. The van der Waals surface area contributed by atoms with Gasteiger partial charge in [0.1, 0.15) is 10.9 Å². The molecule has 6 nitrogen and oxygen atoms in total. The molecule has 1 aliphatic rings. The van der Waals surface area contributed by atoms with Gasteiger partial charge in [0.05, 0.1) is 12.1 Å². The maximum Gasteiger partial charge on any atom is 0.323 e. The number of aromatic hydroxyl groups is 1. The van der Waals surface area contributed by atoms with Crippen LogP contribution in [0.4, 0.5) is 0 Å². The maximum absolute atomic E-state index is 12.4. The van der Waals surface area contributed by atoms with Crippen molar-refractivity contribution in [3.63, 3.8) is 0 Å². The first-order chi connectivity index (χ1) is 10.3. The fraction of sp³-hybridized carbons (Fsp3) is 0.500. The van der Waals surface area contributed by atoms with Gasteiger partial charge in [0.2, 0.25) is 10.0 Å². The molecule has 0 aromatic heterocycles. The molecule has 1 aliphatic carbocycles. The molecule has 1 aromatic rings. The van der Waals surface area contributed by atoms with E-state index in [-0.39, 0.29) is 9.92 Å². The molecule has 0 amide bonds. The van der Waals surface area contributed by atoms with Crippen LogP contribution in [0.3, 0.4) is 0 Å². The molecule has 1 atom stereocenters. The van der Waals surface area contributed by atoms with Gasteiger partial charge in [0.25, 0.3) is 0 Å². The summed E-state index contributed by atoms with van der Waals surface area (Å²) in [6.45, 7) is 0. The Bertz CT molecular complexity index is 657. The van der Waals surface area contributed by atoms with Crippen LogP contribution in [0, 0.1) is 5.92 Å². The second kappa shape index (κ2) is 6.85.